The van der Waals surface area contributed by atoms with E-state index in [2.05, 4.69) is 88.3 Å². The molecular formula is C27H33N7O. The number of hydrogen-bond donors (Lipinski definition) is 1. The summed E-state index contributed by atoms with van der Waals surface area (Å²) in [6.45, 7) is 12.7. The molecule has 1 N–H and O–H groups in total. The van der Waals surface area contributed by atoms with Crippen LogP contribution in [0.5, 0.6) is 0 Å². The lowest BCUT2D eigenvalue weighted by atomic mass is 10.0. The van der Waals surface area contributed by atoms with Crippen LogP contribution in [-0.4, -0.2) is 61.2 Å². The van der Waals surface area contributed by atoms with E-state index in [-0.39, 0.29) is 17.1 Å². The summed E-state index contributed by atoms with van der Waals surface area (Å²) in [5.41, 5.74) is 3.58. The zero-order valence-corrected chi connectivity index (χ0v) is 20.9. The van der Waals surface area contributed by atoms with Gasteiger partial charge in [0, 0.05) is 43.8 Å². The molecule has 0 spiro atoms. The largest absolute Gasteiger partial charge is 0.322 e. The second-order valence-electron chi connectivity index (χ2n) is 10.5. The number of tetrazole rings is 1. The number of nitrogens with one attached hydrogen (secondary N) is 1. The third-order valence-electron chi connectivity index (χ3n) is 6.72. The molecule has 8 nitrogen and oxygen atoms in total. The summed E-state index contributed by atoms with van der Waals surface area (Å²) in [6, 6.07) is 18.3. The average Bonchev–Trinajstić information content (AvgIpc) is 3.32. The topological polar surface area (TPSA) is 82.9 Å². The predicted molar refractivity (Wildman–Crippen MR) is 137 cm³/mol. The van der Waals surface area contributed by atoms with Crippen molar-refractivity contribution in [2.45, 2.75) is 45.8 Å². The van der Waals surface area contributed by atoms with Gasteiger partial charge in [-0.25, -0.2) is 4.68 Å². The zero-order valence-electron chi connectivity index (χ0n) is 20.9. The van der Waals surface area contributed by atoms with Crippen molar-refractivity contribution in [1.29, 1.82) is 0 Å². The SMILES string of the molecule is Cc1ccc2[nH]c(=O)c([C@@H](c3nnnn3C(C)(C)C)N3CCN(Cc4ccccc4)CC3)cc2c1. The third-order valence-corrected chi connectivity index (χ3v) is 6.72. The highest BCUT2D eigenvalue weighted by Gasteiger charge is 2.34. The molecule has 0 aliphatic carbocycles. The van der Waals surface area contributed by atoms with Gasteiger partial charge in [-0.3, -0.25) is 14.6 Å². The van der Waals surface area contributed by atoms with Gasteiger partial charge in [0.15, 0.2) is 5.82 Å². The highest BCUT2D eigenvalue weighted by atomic mass is 16.1. The Morgan fingerprint density at radius 2 is 1.74 bits per heavy atom. The van der Waals surface area contributed by atoms with E-state index in [9.17, 15) is 4.79 Å². The van der Waals surface area contributed by atoms with Crippen molar-refractivity contribution in [1.82, 2.24) is 35.0 Å². The Balaban J connectivity index is 1.51. The number of pyridine rings is 1. The van der Waals surface area contributed by atoms with Gasteiger partial charge in [0.1, 0.15) is 6.04 Å². The smallest absolute Gasteiger partial charge is 0.253 e. The number of benzene rings is 2. The summed E-state index contributed by atoms with van der Waals surface area (Å²) in [5, 5.41) is 13.8. The standard InChI is InChI=1S/C27H33N7O/c1-19-10-11-23-21(16-19)17-22(26(35)28-23)24(25-29-30-31-34(25)27(2,3)4)33-14-12-32(13-15-33)18-20-8-6-5-7-9-20/h5-11,16-17,24H,12-15,18H2,1-4H3,(H,28,35)/t24-/m0/s1. The van der Waals surface area contributed by atoms with E-state index in [0.717, 1.165) is 49.2 Å². The Kier molecular flexibility index (Phi) is 6.25. The van der Waals surface area contributed by atoms with E-state index in [1.54, 1.807) is 0 Å². The highest BCUT2D eigenvalue weighted by Crippen LogP contribution is 2.30. The van der Waals surface area contributed by atoms with E-state index in [1.165, 1.54) is 5.56 Å². The minimum Gasteiger partial charge on any atom is -0.322 e. The lowest BCUT2D eigenvalue weighted by Gasteiger charge is -2.39. The Morgan fingerprint density at radius 1 is 1.00 bits per heavy atom. The van der Waals surface area contributed by atoms with Crippen molar-refractivity contribution in [2.24, 2.45) is 0 Å². The van der Waals surface area contributed by atoms with Crippen LogP contribution in [0.1, 0.15) is 49.3 Å². The summed E-state index contributed by atoms with van der Waals surface area (Å²) < 4.78 is 1.86. The normalized spacial score (nSPS) is 16.6. The molecule has 35 heavy (non-hydrogen) atoms. The van der Waals surface area contributed by atoms with Gasteiger partial charge in [0.25, 0.3) is 5.56 Å². The van der Waals surface area contributed by atoms with Crippen LogP contribution in [0.25, 0.3) is 10.9 Å². The van der Waals surface area contributed by atoms with Gasteiger partial charge < -0.3 is 4.98 Å². The van der Waals surface area contributed by atoms with Gasteiger partial charge in [0.05, 0.1) is 5.54 Å². The molecule has 5 rings (SSSR count). The molecule has 0 saturated carbocycles. The molecule has 0 bridgehead atoms. The first-order chi connectivity index (χ1) is 16.8. The number of rotatable bonds is 5. The van der Waals surface area contributed by atoms with Crippen molar-refractivity contribution in [3.8, 4) is 0 Å². The molecule has 8 heteroatoms. The van der Waals surface area contributed by atoms with Crippen molar-refractivity contribution in [3.05, 3.63) is 87.5 Å². The monoisotopic (exact) mass is 471 g/mol. The maximum absolute atomic E-state index is 13.4. The molecule has 3 heterocycles. The molecule has 0 radical (unpaired) electrons. The number of aromatic nitrogens is 5. The molecule has 2 aromatic carbocycles. The summed E-state index contributed by atoms with van der Waals surface area (Å²) in [7, 11) is 0. The predicted octanol–water partition coefficient (Wildman–Crippen LogP) is 3.49. The lowest BCUT2D eigenvalue weighted by molar-refractivity contribution is 0.0975. The molecule has 1 fully saturated rings. The number of hydrogen-bond acceptors (Lipinski definition) is 6. The Morgan fingerprint density at radius 3 is 2.46 bits per heavy atom. The van der Waals surface area contributed by atoms with E-state index >= 15 is 0 Å². The maximum Gasteiger partial charge on any atom is 0.253 e. The molecular weight excluding hydrogens is 438 g/mol. The number of piperazine rings is 1. The van der Waals surface area contributed by atoms with E-state index in [0.29, 0.717) is 11.4 Å². The third kappa shape index (κ3) is 4.90. The van der Waals surface area contributed by atoms with Crippen molar-refractivity contribution in [3.63, 3.8) is 0 Å². The number of aromatic amines is 1. The lowest BCUT2D eigenvalue weighted by Crippen LogP contribution is -2.49. The van der Waals surface area contributed by atoms with Gasteiger partial charge in [0.2, 0.25) is 0 Å². The quantitative estimate of drug-likeness (QED) is 0.480. The van der Waals surface area contributed by atoms with Crippen LogP contribution >= 0.6 is 0 Å². The molecule has 0 amide bonds. The number of nitrogens with zero attached hydrogens (tertiary/aromatic N) is 6. The van der Waals surface area contributed by atoms with Gasteiger partial charge in [-0.2, -0.15) is 0 Å². The number of H-pyrrole nitrogens is 1. The van der Waals surface area contributed by atoms with Crippen LogP contribution in [0.2, 0.25) is 0 Å². The van der Waals surface area contributed by atoms with E-state index in [4.69, 9.17) is 0 Å². The maximum atomic E-state index is 13.4. The van der Waals surface area contributed by atoms with Gasteiger partial charge in [-0.05, 0) is 67.3 Å². The molecule has 4 aromatic rings. The van der Waals surface area contributed by atoms with Crippen LogP contribution in [0.15, 0.2) is 59.4 Å². The molecule has 1 aliphatic rings. The van der Waals surface area contributed by atoms with Crippen LogP contribution in [0.3, 0.4) is 0 Å². The van der Waals surface area contributed by atoms with Gasteiger partial charge in [-0.1, -0.05) is 42.0 Å². The van der Waals surface area contributed by atoms with Gasteiger partial charge in [-0.15, -0.1) is 5.10 Å². The summed E-state index contributed by atoms with van der Waals surface area (Å²) in [5.74, 6) is 0.700. The fourth-order valence-electron chi connectivity index (χ4n) is 4.91. The van der Waals surface area contributed by atoms with Crippen molar-refractivity contribution >= 4 is 10.9 Å². The Bertz CT molecular complexity index is 1360. The highest BCUT2D eigenvalue weighted by molar-refractivity contribution is 5.79. The molecule has 182 valence electrons. The van der Waals surface area contributed by atoms with E-state index < -0.39 is 0 Å². The summed E-state index contributed by atoms with van der Waals surface area (Å²) >= 11 is 0. The molecule has 1 aliphatic heterocycles. The second-order valence-corrected chi connectivity index (χ2v) is 10.5. The minimum atomic E-state index is -0.336. The summed E-state index contributed by atoms with van der Waals surface area (Å²) in [4.78, 5) is 21.3. The van der Waals surface area contributed by atoms with E-state index in [1.807, 2.05) is 28.9 Å². The van der Waals surface area contributed by atoms with Crippen LogP contribution in [0, 0.1) is 6.92 Å². The molecule has 0 unspecified atom stereocenters. The zero-order chi connectivity index (χ0) is 24.6. The second kappa shape index (κ2) is 9.36. The number of aryl methyl sites for hydroxylation is 1. The first kappa shape index (κ1) is 23.4. The Hall–Kier alpha value is -3.36. The molecule has 1 saturated heterocycles. The fourth-order valence-corrected chi connectivity index (χ4v) is 4.91. The fraction of sp³-hybridized carbons (Fsp3) is 0.407. The first-order valence-corrected chi connectivity index (χ1v) is 12.2. The molecule has 2 aromatic heterocycles. The average molecular weight is 472 g/mol. The number of fused-ring (bicyclic) bond motifs is 1. The van der Waals surface area contributed by atoms with Crippen LogP contribution < -0.4 is 5.56 Å². The minimum absolute atomic E-state index is 0.0958. The van der Waals surface area contributed by atoms with Crippen molar-refractivity contribution in [2.75, 3.05) is 26.2 Å². The Labute approximate surface area is 205 Å². The molecule has 1 atom stereocenters. The summed E-state index contributed by atoms with van der Waals surface area (Å²) in [6.07, 6.45) is 0. The van der Waals surface area contributed by atoms with Crippen LogP contribution in [0.4, 0.5) is 0 Å². The van der Waals surface area contributed by atoms with Crippen LogP contribution in [-0.2, 0) is 12.1 Å². The van der Waals surface area contributed by atoms with Crippen molar-refractivity contribution < 1.29 is 0 Å². The van der Waals surface area contributed by atoms with Gasteiger partial charge >= 0.3 is 0 Å². The first-order valence-electron chi connectivity index (χ1n) is 12.2.